The van der Waals surface area contributed by atoms with Crippen molar-refractivity contribution in [3.05, 3.63) is 12.7 Å². The van der Waals surface area contributed by atoms with Gasteiger partial charge in [-0.05, 0) is 0 Å². The Kier molecular flexibility index (Phi) is 3.28. The Morgan fingerprint density at radius 1 is 1.31 bits per heavy atom. The van der Waals surface area contributed by atoms with E-state index in [1.54, 1.807) is 6.33 Å². The number of hydrogen-bond acceptors (Lipinski definition) is 5. The zero-order valence-corrected chi connectivity index (χ0v) is 8.87. The molecule has 0 saturated carbocycles. The second-order valence-corrected chi connectivity index (χ2v) is 3.46. The molecule has 0 spiro atoms. The Balaban J connectivity index is 2.10. The van der Waals surface area contributed by atoms with E-state index in [4.69, 9.17) is 10.8 Å². The van der Waals surface area contributed by atoms with Crippen LogP contribution in [0.3, 0.4) is 0 Å². The van der Waals surface area contributed by atoms with Gasteiger partial charge in [-0.15, -0.1) is 0 Å². The maximum absolute atomic E-state index is 8.64. The number of rotatable bonds is 5. The molecule has 0 aliphatic heterocycles. The van der Waals surface area contributed by atoms with Gasteiger partial charge in [-0.1, -0.05) is 0 Å². The number of imidazole rings is 1. The molecule has 7 nitrogen and oxygen atoms in total. The van der Waals surface area contributed by atoms with Crippen LogP contribution >= 0.6 is 0 Å². The number of aromatic nitrogens is 4. The topological polar surface area (TPSA) is 106 Å². The number of quaternary nitrogens is 1. The summed E-state index contributed by atoms with van der Waals surface area (Å²) in [6, 6.07) is 0. The van der Waals surface area contributed by atoms with Crippen LogP contribution in [0.25, 0.3) is 11.2 Å². The molecule has 0 atom stereocenters. The summed E-state index contributed by atoms with van der Waals surface area (Å²) in [6.45, 7) is 2.56. The summed E-state index contributed by atoms with van der Waals surface area (Å²) in [6.07, 6.45) is 3.15. The summed E-state index contributed by atoms with van der Waals surface area (Å²) in [7, 11) is 0. The molecule has 86 valence electrons. The minimum atomic E-state index is 0.194. The first-order chi connectivity index (χ1) is 7.83. The Morgan fingerprint density at radius 3 is 3.00 bits per heavy atom. The third kappa shape index (κ3) is 2.10. The monoisotopic (exact) mass is 223 g/mol. The second-order valence-electron chi connectivity index (χ2n) is 3.46. The third-order valence-corrected chi connectivity index (χ3v) is 2.34. The maximum Gasteiger partial charge on any atom is 0.165 e. The molecule has 2 heterocycles. The molecule has 5 N–H and O–H groups in total. The van der Waals surface area contributed by atoms with Crippen molar-refractivity contribution < 1.29 is 10.4 Å². The number of nitrogen functional groups attached to an aromatic ring is 1. The van der Waals surface area contributed by atoms with Crippen LogP contribution in [-0.2, 0) is 6.54 Å². The number of hydrogen-bond donors (Lipinski definition) is 3. The highest BCUT2D eigenvalue weighted by atomic mass is 16.3. The van der Waals surface area contributed by atoms with Crippen molar-refractivity contribution in [3.8, 4) is 0 Å². The number of aliphatic hydroxyl groups is 1. The van der Waals surface area contributed by atoms with Crippen LogP contribution in [0.1, 0.15) is 0 Å². The van der Waals surface area contributed by atoms with E-state index in [1.807, 2.05) is 9.88 Å². The van der Waals surface area contributed by atoms with E-state index in [9.17, 15) is 0 Å². The number of fused-ring (bicyclic) bond motifs is 1. The highest BCUT2D eigenvalue weighted by Crippen LogP contribution is 2.13. The predicted octanol–water partition coefficient (Wildman–Crippen LogP) is -2.04. The highest BCUT2D eigenvalue weighted by Gasteiger charge is 2.07. The molecule has 16 heavy (non-hydrogen) atoms. The molecule has 2 rings (SSSR count). The lowest BCUT2D eigenvalue weighted by Crippen LogP contribution is -2.85. The Hall–Kier alpha value is -1.73. The number of anilines is 1. The van der Waals surface area contributed by atoms with E-state index in [0.29, 0.717) is 17.9 Å². The summed E-state index contributed by atoms with van der Waals surface area (Å²) < 4.78 is 1.93. The van der Waals surface area contributed by atoms with Crippen molar-refractivity contribution in [2.45, 2.75) is 6.54 Å². The first-order valence-corrected chi connectivity index (χ1v) is 5.16. The molecule has 2 aromatic rings. The first-order valence-electron chi connectivity index (χ1n) is 5.16. The SMILES string of the molecule is Nc1ncnc2c1ncn2CC[NH2+]CCO. The summed E-state index contributed by atoms with van der Waals surface area (Å²) in [5, 5.41) is 10.7. The molecular formula is C9H15N6O+. The van der Waals surface area contributed by atoms with Crippen molar-refractivity contribution in [1.29, 1.82) is 0 Å². The van der Waals surface area contributed by atoms with E-state index < -0.39 is 0 Å². The van der Waals surface area contributed by atoms with Crippen LogP contribution in [0, 0.1) is 0 Å². The molecule has 0 radical (unpaired) electrons. The van der Waals surface area contributed by atoms with E-state index in [1.165, 1.54) is 6.33 Å². The van der Waals surface area contributed by atoms with E-state index >= 15 is 0 Å². The smallest absolute Gasteiger partial charge is 0.165 e. The van der Waals surface area contributed by atoms with Gasteiger partial charge in [0.1, 0.15) is 11.8 Å². The molecule has 0 amide bonds. The Labute approximate surface area is 92.3 Å². The van der Waals surface area contributed by atoms with Gasteiger partial charge in [0, 0.05) is 0 Å². The lowest BCUT2D eigenvalue weighted by Gasteiger charge is -2.02. The van der Waals surface area contributed by atoms with Crippen molar-refractivity contribution in [3.63, 3.8) is 0 Å². The number of nitrogens with zero attached hydrogens (tertiary/aromatic N) is 4. The van der Waals surface area contributed by atoms with Gasteiger partial charge in [0.05, 0.1) is 32.6 Å². The summed E-state index contributed by atoms with van der Waals surface area (Å²) in [5.41, 5.74) is 7.08. The molecule has 0 saturated heterocycles. The molecule has 7 heteroatoms. The number of aliphatic hydroxyl groups excluding tert-OH is 1. The largest absolute Gasteiger partial charge is 0.391 e. The van der Waals surface area contributed by atoms with Crippen molar-refractivity contribution in [2.24, 2.45) is 0 Å². The van der Waals surface area contributed by atoms with Gasteiger partial charge >= 0.3 is 0 Å². The average Bonchev–Trinajstić information content (AvgIpc) is 2.70. The molecule has 0 fully saturated rings. The quantitative estimate of drug-likeness (QED) is 0.506. The molecule has 0 aromatic carbocycles. The van der Waals surface area contributed by atoms with Gasteiger partial charge in [0.15, 0.2) is 11.5 Å². The van der Waals surface area contributed by atoms with Gasteiger partial charge in [-0.25, -0.2) is 15.0 Å². The van der Waals surface area contributed by atoms with E-state index in [2.05, 4.69) is 15.0 Å². The lowest BCUT2D eigenvalue weighted by molar-refractivity contribution is -0.656. The van der Waals surface area contributed by atoms with Crippen LogP contribution in [0.4, 0.5) is 5.82 Å². The zero-order chi connectivity index (χ0) is 11.4. The van der Waals surface area contributed by atoms with Crippen LogP contribution in [0.2, 0.25) is 0 Å². The first kappa shape index (κ1) is 10.8. The lowest BCUT2D eigenvalue weighted by atomic mass is 10.5. The zero-order valence-electron chi connectivity index (χ0n) is 8.87. The van der Waals surface area contributed by atoms with Gasteiger partial charge in [0.2, 0.25) is 0 Å². The number of nitrogens with two attached hydrogens (primary N) is 2. The van der Waals surface area contributed by atoms with Crippen LogP contribution in [0.5, 0.6) is 0 Å². The standard InChI is InChI=1S/C9H14N6O/c10-8-7-9(13-5-12-8)15(6-14-7)3-1-11-2-4-16/h5-6,11,16H,1-4H2,(H2,10,12,13)/p+1. The van der Waals surface area contributed by atoms with Gasteiger partial charge in [-0.2, -0.15) is 0 Å². The normalized spacial score (nSPS) is 11.1. The fraction of sp³-hybridized carbons (Fsp3) is 0.444. The Bertz CT molecular complexity index is 468. The predicted molar refractivity (Wildman–Crippen MR) is 58.5 cm³/mol. The summed E-state index contributed by atoms with van der Waals surface area (Å²) >= 11 is 0. The minimum Gasteiger partial charge on any atom is -0.391 e. The van der Waals surface area contributed by atoms with E-state index in [-0.39, 0.29) is 6.61 Å². The van der Waals surface area contributed by atoms with Crippen molar-refractivity contribution in [2.75, 3.05) is 25.4 Å². The van der Waals surface area contributed by atoms with Gasteiger partial charge < -0.3 is 20.7 Å². The Morgan fingerprint density at radius 2 is 2.19 bits per heavy atom. The van der Waals surface area contributed by atoms with Crippen LogP contribution < -0.4 is 11.1 Å². The van der Waals surface area contributed by atoms with Gasteiger partial charge in [0.25, 0.3) is 0 Å². The van der Waals surface area contributed by atoms with Gasteiger partial charge in [-0.3, -0.25) is 0 Å². The van der Waals surface area contributed by atoms with Crippen LogP contribution in [-0.4, -0.2) is 44.3 Å². The fourth-order valence-corrected chi connectivity index (χ4v) is 1.53. The highest BCUT2D eigenvalue weighted by molar-refractivity contribution is 5.80. The molecule has 0 aliphatic carbocycles. The molecule has 0 aliphatic rings. The molecule has 0 unspecified atom stereocenters. The second kappa shape index (κ2) is 4.86. The van der Waals surface area contributed by atoms with Crippen molar-refractivity contribution in [1.82, 2.24) is 19.5 Å². The van der Waals surface area contributed by atoms with E-state index in [0.717, 1.165) is 18.7 Å². The third-order valence-electron chi connectivity index (χ3n) is 2.34. The summed E-state index contributed by atoms with van der Waals surface area (Å²) in [4.78, 5) is 12.2. The molecular weight excluding hydrogens is 208 g/mol. The van der Waals surface area contributed by atoms with Crippen LogP contribution in [0.15, 0.2) is 12.7 Å². The summed E-state index contributed by atoms with van der Waals surface area (Å²) in [5.74, 6) is 0.406. The molecule has 0 bridgehead atoms. The minimum absolute atomic E-state index is 0.194. The molecule has 2 aromatic heterocycles. The van der Waals surface area contributed by atoms with Crippen molar-refractivity contribution >= 4 is 17.0 Å². The fourth-order valence-electron chi connectivity index (χ4n) is 1.53. The maximum atomic E-state index is 8.64. The average molecular weight is 223 g/mol.